The molecule has 0 aliphatic carbocycles. The van der Waals surface area contributed by atoms with Crippen molar-refractivity contribution in [1.82, 2.24) is 0 Å². The molecule has 0 spiro atoms. The SMILES string of the molecule is CCOc1ccc(C#N)cc1C(C)C. The fourth-order valence-corrected chi connectivity index (χ4v) is 1.36. The highest BCUT2D eigenvalue weighted by atomic mass is 16.5. The van der Waals surface area contributed by atoms with Gasteiger partial charge in [-0.25, -0.2) is 0 Å². The molecule has 1 aromatic carbocycles. The van der Waals surface area contributed by atoms with Gasteiger partial charge >= 0.3 is 0 Å². The van der Waals surface area contributed by atoms with Crippen molar-refractivity contribution in [2.75, 3.05) is 6.61 Å². The molecule has 0 fully saturated rings. The fourth-order valence-electron chi connectivity index (χ4n) is 1.36. The minimum absolute atomic E-state index is 0.379. The van der Waals surface area contributed by atoms with Crippen LogP contribution in [-0.4, -0.2) is 6.61 Å². The van der Waals surface area contributed by atoms with Gasteiger partial charge in [-0.15, -0.1) is 0 Å². The third-order valence-corrected chi connectivity index (χ3v) is 2.06. The molecule has 0 aliphatic rings. The Morgan fingerprint density at radius 3 is 2.64 bits per heavy atom. The van der Waals surface area contributed by atoms with Crippen molar-refractivity contribution in [3.05, 3.63) is 29.3 Å². The summed E-state index contributed by atoms with van der Waals surface area (Å²) in [4.78, 5) is 0. The number of nitrogens with zero attached hydrogens (tertiary/aromatic N) is 1. The minimum Gasteiger partial charge on any atom is -0.494 e. The second kappa shape index (κ2) is 4.66. The Labute approximate surface area is 85.1 Å². The average Bonchev–Trinajstić information content (AvgIpc) is 2.18. The molecule has 2 heteroatoms. The van der Waals surface area contributed by atoms with Gasteiger partial charge in [0.05, 0.1) is 18.2 Å². The molecular weight excluding hydrogens is 174 g/mol. The van der Waals surface area contributed by atoms with Gasteiger partial charge in [0.2, 0.25) is 0 Å². The van der Waals surface area contributed by atoms with E-state index in [1.165, 1.54) is 0 Å². The molecule has 0 amide bonds. The van der Waals surface area contributed by atoms with Crippen LogP contribution in [0.1, 0.15) is 37.8 Å². The summed E-state index contributed by atoms with van der Waals surface area (Å²) < 4.78 is 5.49. The molecule has 0 atom stereocenters. The topological polar surface area (TPSA) is 33.0 Å². The quantitative estimate of drug-likeness (QED) is 0.732. The first-order valence-electron chi connectivity index (χ1n) is 4.85. The van der Waals surface area contributed by atoms with Crippen molar-refractivity contribution in [3.8, 4) is 11.8 Å². The molecule has 0 saturated carbocycles. The molecular formula is C12H15NO. The summed E-state index contributed by atoms with van der Waals surface area (Å²) >= 11 is 0. The molecule has 14 heavy (non-hydrogen) atoms. The zero-order valence-electron chi connectivity index (χ0n) is 8.87. The van der Waals surface area contributed by atoms with Crippen LogP contribution in [0, 0.1) is 11.3 Å². The maximum absolute atomic E-state index is 8.77. The number of ether oxygens (including phenoxy) is 1. The average molecular weight is 189 g/mol. The lowest BCUT2D eigenvalue weighted by molar-refractivity contribution is 0.335. The third-order valence-electron chi connectivity index (χ3n) is 2.06. The Hall–Kier alpha value is -1.49. The summed E-state index contributed by atoms with van der Waals surface area (Å²) in [6.45, 7) is 6.81. The second-order valence-electron chi connectivity index (χ2n) is 3.45. The lowest BCUT2D eigenvalue weighted by Gasteiger charge is -2.12. The molecule has 74 valence electrons. The smallest absolute Gasteiger partial charge is 0.122 e. The van der Waals surface area contributed by atoms with Crippen molar-refractivity contribution < 1.29 is 4.74 Å². The van der Waals surface area contributed by atoms with Crippen LogP contribution in [0.4, 0.5) is 0 Å². The number of benzene rings is 1. The van der Waals surface area contributed by atoms with E-state index in [9.17, 15) is 0 Å². The Balaban J connectivity index is 3.12. The van der Waals surface area contributed by atoms with Crippen LogP contribution < -0.4 is 4.74 Å². The first kappa shape index (κ1) is 10.6. The lowest BCUT2D eigenvalue weighted by atomic mass is 10.00. The van der Waals surface area contributed by atoms with Gasteiger partial charge in [0, 0.05) is 0 Å². The third kappa shape index (κ3) is 2.26. The first-order chi connectivity index (χ1) is 6.69. The number of hydrogen-bond acceptors (Lipinski definition) is 2. The predicted molar refractivity (Wildman–Crippen MR) is 56.4 cm³/mol. The van der Waals surface area contributed by atoms with E-state index in [1.807, 2.05) is 19.1 Å². The van der Waals surface area contributed by atoms with Gasteiger partial charge in [-0.3, -0.25) is 0 Å². The van der Waals surface area contributed by atoms with E-state index in [0.29, 0.717) is 18.1 Å². The molecule has 0 aromatic heterocycles. The van der Waals surface area contributed by atoms with Crippen molar-refractivity contribution in [2.45, 2.75) is 26.7 Å². The molecule has 0 unspecified atom stereocenters. The van der Waals surface area contributed by atoms with Gasteiger partial charge in [0.15, 0.2) is 0 Å². The van der Waals surface area contributed by atoms with Gasteiger partial charge in [0.25, 0.3) is 0 Å². The van der Waals surface area contributed by atoms with Crippen LogP contribution in [0.15, 0.2) is 18.2 Å². The lowest BCUT2D eigenvalue weighted by Crippen LogP contribution is -1.98. The molecule has 0 heterocycles. The van der Waals surface area contributed by atoms with Gasteiger partial charge in [-0.05, 0) is 36.6 Å². The molecule has 0 N–H and O–H groups in total. The van der Waals surface area contributed by atoms with Crippen LogP contribution >= 0.6 is 0 Å². The van der Waals surface area contributed by atoms with Gasteiger partial charge in [-0.2, -0.15) is 5.26 Å². The molecule has 1 rings (SSSR count). The van der Waals surface area contributed by atoms with Crippen LogP contribution in [0.3, 0.4) is 0 Å². The van der Waals surface area contributed by atoms with Crippen molar-refractivity contribution >= 4 is 0 Å². The van der Waals surface area contributed by atoms with E-state index in [1.54, 1.807) is 6.07 Å². The standard InChI is InChI=1S/C12H15NO/c1-4-14-12-6-5-10(8-13)7-11(12)9(2)3/h5-7,9H,4H2,1-3H3. The summed E-state index contributed by atoms with van der Waals surface area (Å²) in [6, 6.07) is 7.70. The Bertz CT molecular complexity index is 350. The minimum atomic E-state index is 0.379. The second-order valence-corrected chi connectivity index (χ2v) is 3.45. The Morgan fingerprint density at radius 1 is 1.43 bits per heavy atom. The Morgan fingerprint density at radius 2 is 2.14 bits per heavy atom. The van der Waals surface area contributed by atoms with E-state index >= 15 is 0 Å². The first-order valence-corrected chi connectivity index (χ1v) is 4.85. The molecule has 0 bridgehead atoms. The van der Waals surface area contributed by atoms with E-state index in [0.717, 1.165) is 11.3 Å². The van der Waals surface area contributed by atoms with Crippen molar-refractivity contribution in [1.29, 1.82) is 5.26 Å². The molecule has 2 nitrogen and oxygen atoms in total. The van der Waals surface area contributed by atoms with Gasteiger partial charge in [0.1, 0.15) is 5.75 Å². The van der Waals surface area contributed by atoms with Crippen LogP contribution in [-0.2, 0) is 0 Å². The fraction of sp³-hybridized carbons (Fsp3) is 0.417. The number of nitriles is 1. The molecule has 0 saturated heterocycles. The number of hydrogen-bond donors (Lipinski definition) is 0. The van der Waals surface area contributed by atoms with Crippen LogP contribution in [0.2, 0.25) is 0 Å². The molecule has 1 aromatic rings. The zero-order chi connectivity index (χ0) is 10.6. The predicted octanol–water partition coefficient (Wildman–Crippen LogP) is 3.08. The van der Waals surface area contributed by atoms with Crippen LogP contribution in [0.25, 0.3) is 0 Å². The molecule has 0 aliphatic heterocycles. The Kier molecular flexibility index (Phi) is 3.53. The summed E-state index contributed by atoms with van der Waals surface area (Å²) in [7, 11) is 0. The number of rotatable bonds is 3. The largest absolute Gasteiger partial charge is 0.494 e. The van der Waals surface area contributed by atoms with E-state index < -0.39 is 0 Å². The highest BCUT2D eigenvalue weighted by Crippen LogP contribution is 2.27. The maximum Gasteiger partial charge on any atom is 0.122 e. The van der Waals surface area contributed by atoms with Gasteiger partial charge < -0.3 is 4.74 Å². The van der Waals surface area contributed by atoms with E-state index in [4.69, 9.17) is 10.00 Å². The van der Waals surface area contributed by atoms with Crippen molar-refractivity contribution in [3.63, 3.8) is 0 Å². The highest BCUT2D eigenvalue weighted by Gasteiger charge is 2.08. The summed E-state index contributed by atoms with van der Waals surface area (Å²) in [5, 5.41) is 8.77. The molecule has 0 radical (unpaired) electrons. The van der Waals surface area contributed by atoms with Gasteiger partial charge in [-0.1, -0.05) is 13.8 Å². The van der Waals surface area contributed by atoms with Crippen molar-refractivity contribution in [2.24, 2.45) is 0 Å². The maximum atomic E-state index is 8.77. The summed E-state index contributed by atoms with van der Waals surface area (Å²) in [6.07, 6.45) is 0. The summed E-state index contributed by atoms with van der Waals surface area (Å²) in [5.74, 6) is 1.27. The highest BCUT2D eigenvalue weighted by molar-refractivity contribution is 5.43. The summed E-state index contributed by atoms with van der Waals surface area (Å²) in [5.41, 5.74) is 1.79. The van der Waals surface area contributed by atoms with Crippen LogP contribution in [0.5, 0.6) is 5.75 Å². The monoisotopic (exact) mass is 189 g/mol. The normalized spacial score (nSPS) is 9.93. The zero-order valence-corrected chi connectivity index (χ0v) is 8.87. The van der Waals surface area contributed by atoms with E-state index in [-0.39, 0.29) is 0 Å². The van der Waals surface area contributed by atoms with E-state index in [2.05, 4.69) is 19.9 Å².